The van der Waals surface area contributed by atoms with Gasteiger partial charge in [0.1, 0.15) is 18.0 Å². The Kier molecular flexibility index (Phi) is 4.99. The monoisotopic (exact) mass is 344 g/mol. The van der Waals surface area contributed by atoms with Crippen LogP contribution in [0.15, 0.2) is 30.6 Å². The molecule has 0 bridgehead atoms. The molecule has 2 aromatic rings. The van der Waals surface area contributed by atoms with E-state index in [4.69, 9.17) is 0 Å². The van der Waals surface area contributed by atoms with Crippen molar-refractivity contribution in [3.05, 3.63) is 47.8 Å². The molecule has 1 saturated heterocycles. The summed E-state index contributed by atoms with van der Waals surface area (Å²) >= 11 is 0. The van der Waals surface area contributed by atoms with Crippen LogP contribution < -0.4 is 0 Å². The molecule has 1 atom stereocenters. The van der Waals surface area contributed by atoms with E-state index in [-0.39, 0.29) is 23.2 Å². The fraction of sp³-hybridized carbons (Fsp3) is 0.526. The topological polar surface area (TPSA) is 51.0 Å². The summed E-state index contributed by atoms with van der Waals surface area (Å²) in [7, 11) is 0. The first-order chi connectivity index (χ1) is 11.8. The Morgan fingerprint density at radius 1 is 1.28 bits per heavy atom. The Morgan fingerprint density at radius 2 is 2.00 bits per heavy atom. The lowest BCUT2D eigenvalue weighted by Gasteiger charge is -2.26. The van der Waals surface area contributed by atoms with E-state index in [0.29, 0.717) is 18.5 Å². The van der Waals surface area contributed by atoms with Crippen molar-refractivity contribution in [2.75, 3.05) is 6.54 Å². The number of benzene rings is 1. The number of carbonyl (C=O) groups is 1. The number of hydrogen-bond acceptors (Lipinski definition) is 4. The lowest BCUT2D eigenvalue weighted by atomic mass is 10.0. The van der Waals surface area contributed by atoms with Gasteiger partial charge in [0.2, 0.25) is 0 Å². The molecular formula is C19H25FN4O. The van der Waals surface area contributed by atoms with Crippen molar-refractivity contribution in [2.45, 2.75) is 58.2 Å². The van der Waals surface area contributed by atoms with Gasteiger partial charge in [-0.25, -0.2) is 14.1 Å². The van der Waals surface area contributed by atoms with Gasteiger partial charge in [-0.15, -0.1) is 0 Å². The number of rotatable bonds is 5. The van der Waals surface area contributed by atoms with Gasteiger partial charge < -0.3 is 0 Å². The molecule has 1 fully saturated rings. The zero-order chi connectivity index (χ0) is 18.0. The molecule has 0 saturated carbocycles. The lowest BCUT2D eigenvalue weighted by Crippen LogP contribution is -2.34. The number of halogens is 1. The second-order valence-electron chi connectivity index (χ2n) is 7.66. The van der Waals surface area contributed by atoms with Gasteiger partial charge >= 0.3 is 0 Å². The molecule has 1 aliphatic rings. The fourth-order valence-corrected chi connectivity index (χ4v) is 3.42. The summed E-state index contributed by atoms with van der Waals surface area (Å²) < 4.78 is 15.0. The molecule has 1 aromatic heterocycles. The SMILES string of the molecule is CC(C)(C)n1ncnc1CN1CCCC1CC(=O)c1ccc(F)cc1. The van der Waals surface area contributed by atoms with Gasteiger partial charge in [0.05, 0.1) is 12.1 Å². The van der Waals surface area contributed by atoms with Crippen molar-refractivity contribution in [3.8, 4) is 0 Å². The Hall–Kier alpha value is -2.08. The third kappa shape index (κ3) is 4.12. The standard InChI is InChI=1S/C19H25FN4O/c1-19(2,3)24-18(21-13-22-24)12-23-10-4-5-16(23)11-17(25)14-6-8-15(20)9-7-14/h6-9,13,16H,4-5,10-12H2,1-3H3. The number of hydrogen-bond donors (Lipinski definition) is 0. The molecule has 6 heteroatoms. The number of nitrogens with zero attached hydrogens (tertiary/aromatic N) is 4. The van der Waals surface area contributed by atoms with Crippen molar-refractivity contribution >= 4 is 5.78 Å². The van der Waals surface area contributed by atoms with Gasteiger partial charge in [0.15, 0.2) is 5.78 Å². The van der Waals surface area contributed by atoms with E-state index in [1.54, 1.807) is 18.5 Å². The van der Waals surface area contributed by atoms with Crippen molar-refractivity contribution in [1.29, 1.82) is 0 Å². The maximum Gasteiger partial charge on any atom is 0.164 e. The highest BCUT2D eigenvalue weighted by Crippen LogP contribution is 2.25. The summed E-state index contributed by atoms with van der Waals surface area (Å²) in [5.41, 5.74) is 0.455. The Bertz CT molecular complexity index is 733. The normalized spacial score (nSPS) is 18.6. The molecule has 0 amide bonds. The summed E-state index contributed by atoms with van der Waals surface area (Å²) in [4.78, 5) is 19.2. The Balaban J connectivity index is 1.68. The number of aromatic nitrogens is 3. The lowest BCUT2D eigenvalue weighted by molar-refractivity contribution is 0.0935. The second-order valence-corrected chi connectivity index (χ2v) is 7.66. The van der Waals surface area contributed by atoms with Crippen molar-refractivity contribution in [3.63, 3.8) is 0 Å². The zero-order valence-corrected chi connectivity index (χ0v) is 15.1. The van der Waals surface area contributed by atoms with Gasteiger partial charge in [-0.3, -0.25) is 9.69 Å². The van der Waals surface area contributed by atoms with Gasteiger partial charge in [0.25, 0.3) is 0 Å². The number of likely N-dealkylation sites (tertiary alicyclic amines) is 1. The molecule has 2 heterocycles. The van der Waals surface area contributed by atoms with Crippen LogP contribution >= 0.6 is 0 Å². The van der Waals surface area contributed by atoms with Crippen molar-refractivity contribution in [1.82, 2.24) is 19.7 Å². The second kappa shape index (κ2) is 7.04. The number of Topliss-reactive ketones (excluding diaryl/α,β-unsaturated/α-hetero) is 1. The zero-order valence-electron chi connectivity index (χ0n) is 15.1. The van der Waals surface area contributed by atoms with Crippen LogP contribution in [0.5, 0.6) is 0 Å². The third-order valence-corrected chi connectivity index (χ3v) is 4.68. The smallest absolute Gasteiger partial charge is 0.164 e. The molecule has 1 aliphatic heterocycles. The summed E-state index contributed by atoms with van der Waals surface area (Å²) in [6.45, 7) is 7.96. The molecule has 1 aromatic carbocycles. The molecule has 134 valence electrons. The third-order valence-electron chi connectivity index (χ3n) is 4.68. The molecule has 1 unspecified atom stereocenters. The molecule has 0 spiro atoms. The molecule has 25 heavy (non-hydrogen) atoms. The number of carbonyl (C=O) groups excluding carboxylic acids is 1. The minimum absolute atomic E-state index is 0.0641. The van der Waals surface area contributed by atoms with Gasteiger partial charge in [-0.2, -0.15) is 5.10 Å². The highest BCUT2D eigenvalue weighted by molar-refractivity contribution is 5.96. The Morgan fingerprint density at radius 3 is 2.68 bits per heavy atom. The molecular weight excluding hydrogens is 319 g/mol. The minimum atomic E-state index is -0.319. The van der Waals surface area contributed by atoms with Gasteiger partial charge in [-0.1, -0.05) is 0 Å². The first kappa shape index (κ1) is 17.7. The van der Waals surface area contributed by atoms with Crippen LogP contribution in [-0.4, -0.2) is 38.0 Å². The highest BCUT2D eigenvalue weighted by Gasteiger charge is 2.29. The Labute approximate surface area is 147 Å². The predicted octanol–water partition coefficient (Wildman–Crippen LogP) is 3.41. The van der Waals surface area contributed by atoms with Crippen LogP contribution in [-0.2, 0) is 12.1 Å². The molecule has 5 nitrogen and oxygen atoms in total. The minimum Gasteiger partial charge on any atom is -0.294 e. The molecule has 0 N–H and O–H groups in total. The maximum absolute atomic E-state index is 13.0. The summed E-state index contributed by atoms with van der Waals surface area (Å²) in [5.74, 6) is 0.670. The van der Waals surface area contributed by atoms with Crippen molar-refractivity contribution in [2.24, 2.45) is 0 Å². The van der Waals surface area contributed by atoms with E-state index >= 15 is 0 Å². The van der Waals surface area contributed by atoms with E-state index in [1.807, 2.05) is 4.68 Å². The maximum atomic E-state index is 13.0. The molecule has 0 aliphatic carbocycles. The summed E-state index contributed by atoms with van der Waals surface area (Å²) in [6.07, 6.45) is 4.12. The van der Waals surface area contributed by atoms with Crippen LogP contribution in [0.1, 0.15) is 56.2 Å². The predicted molar refractivity (Wildman–Crippen MR) is 93.8 cm³/mol. The molecule has 0 radical (unpaired) electrons. The number of ketones is 1. The van der Waals surface area contributed by atoms with Gasteiger partial charge in [-0.05, 0) is 64.4 Å². The van der Waals surface area contributed by atoms with Crippen LogP contribution in [0.3, 0.4) is 0 Å². The van der Waals surface area contributed by atoms with Crippen LogP contribution in [0, 0.1) is 5.82 Å². The molecule has 3 rings (SSSR count). The van der Waals surface area contributed by atoms with Gasteiger partial charge in [0, 0.05) is 18.0 Å². The first-order valence-corrected chi connectivity index (χ1v) is 8.77. The highest BCUT2D eigenvalue weighted by atomic mass is 19.1. The van der Waals surface area contributed by atoms with Crippen LogP contribution in [0.2, 0.25) is 0 Å². The van der Waals surface area contributed by atoms with E-state index in [2.05, 4.69) is 35.8 Å². The van der Waals surface area contributed by atoms with Crippen LogP contribution in [0.4, 0.5) is 4.39 Å². The summed E-state index contributed by atoms with van der Waals surface area (Å²) in [5, 5.41) is 4.35. The van der Waals surface area contributed by atoms with E-state index in [9.17, 15) is 9.18 Å². The summed E-state index contributed by atoms with van der Waals surface area (Å²) in [6, 6.07) is 6.00. The first-order valence-electron chi connectivity index (χ1n) is 8.77. The van der Waals surface area contributed by atoms with E-state index in [1.165, 1.54) is 12.1 Å². The average Bonchev–Trinajstić information content (AvgIpc) is 3.18. The largest absolute Gasteiger partial charge is 0.294 e. The fourth-order valence-electron chi connectivity index (χ4n) is 3.42. The average molecular weight is 344 g/mol. The quantitative estimate of drug-likeness (QED) is 0.780. The van der Waals surface area contributed by atoms with E-state index < -0.39 is 0 Å². The van der Waals surface area contributed by atoms with Crippen molar-refractivity contribution < 1.29 is 9.18 Å². The van der Waals surface area contributed by atoms with E-state index in [0.717, 1.165) is 25.2 Å². The van der Waals surface area contributed by atoms with Crippen LogP contribution in [0.25, 0.3) is 0 Å².